The summed E-state index contributed by atoms with van der Waals surface area (Å²) in [5, 5.41) is 5.64. The molecule has 0 N–H and O–H groups in total. The van der Waals surface area contributed by atoms with Gasteiger partial charge in [0.15, 0.2) is 0 Å². The van der Waals surface area contributed by atoms with Crippen LogP contribution in [0, 0.1) is 0 Å². The minimum Gasteiger partial charge on any atom is -0.456 e. The molecule has 0 aliphatic heterocycles. The van der Waals surface area contributed by atoms with Crippen molar-refractivity contribution in [3.8, 4) is 27.9 Å². The molecule has 3 nitrogen and oxygen atoms in total. The fraction of sp³-hybridized carbons (Fsp3) is 0.0204. The van der Waals surface area contributed by atoms with Crippen LogP contribution in [0.1, 0.15) is 23.7 Å². The van der Waals surface area contributed by atoms with Crippen LogP contribution in [0.25, 0.3) is 100 Å². The Bertz CT molecular complexity index is 3020. The number of rotatable bonds is 6. The molecule has 0 bridgehead atoms. The van der Waals surface area contributed by atoms with Gasteiger partial charge in [0, 0.05) is 38.2 Å². The van der Waals surface area contributed by atoms with Gasteiger partial charge in [0.2, 0.25) is 0 Å². The first kappa shape index (κ1) is 30.0. The average Bonchev–Trinajstić information content (AvgIpc) is 3.86. The molecule has 0 saturated heterocycles. The molecule has 0 saturated carbocycles. The molecule has 52 heavy (non-hydrogen) atoms. The van der Waals surface area contributed by atoms with E-state index < -0.39 is 0 Å². The number of allylic oxidation sites excluding steroid dienone is 1. The molecule has 10 aromatic rings. The van der Waals surface area contributed by atoms with Crippen molar-refractivity contribution in [2.75, 3.05) is 0 Å². The van der Waals surface area contributed by atoms with E-state index in [9.17, 15) is 0 Å². The normalized spacial score (nSPS) is 12.1. The van der Waals surface area contributed by atoms with Crippen LogP contribution < -0.4 is 0 Å². The molecule has 0 fully saturated rings. The largest absolute Gasteiger partial charge is 0.456 e. The second kappa shape index (κ2) is 11.9. The predicted molar refractivity (Wildman–Crippen MR) is 219 cm³/mol. The van der Waals surface area contributed by atoms with Gasteiger partial charge in [0.1, 0.15) is 22.3 Å². The SMILES string of the molecule is C=Cc1c(/C=C(\C)c2ccc3oc4ccc(-c5ccc6oc7ccccc7c6c5)cc4c3c2)c2ccccc2n1-c1ccc(-c2ccccc2)cc1. The zero-order valence-electron chi connectivity index (χ0n) is 28.6. The lowest BCUT2D eigenvalue weighted by Gasteiger charge is -2.11. The minimum absolute atomic E-state index is 0.877. The third-order valence-electron chi connectivity index (χ3n) is 10.4. The number of hydrogen-bond donors (Lipinski definition) is 0. The van der Waals surface area contributed by atoms with E-state index in [1.165, 1.54) is 16.5 Å². The Labute approximate surface area is 301 Å². The Kier molecular flexibility index (Phi) is 6.87. The van der Waals surface area contributed by atoms with Crippen molar-refractivity contribution >= 4 is 72.5 Å². The molecule has 0 aliphatic carbocycles. The van der Waals surface area contributed by atoms with Crippen molar-refractivity contribution in [2.24, 2.45) is 0 Å². The van der Waals surface area contributed by atoms with E-state index in [0.29, 0.717) is 0 Å². The van der Waals surface area contributed by atoms with Gasteiger partial charge in [-0.05, 0) is 113 Å². The van der Waals surface area contributed by atoms with Crippen LogP contribution in [-0.4, -0.2) is 4.57 Å². The lowest BCUT2D eigenvalue weighted by Crippen LogP contribution is -1.97. The van der Waals surface area contributed by atoms with Crippen molar-refractivity contribution < 1.29 is 8.83 Å². The molecule has 0 unspecified atom stereocenters. The van der Waals surface area contributed by atoms with E-state index in [1.807, 2.05) is 24.3 Å². The predicted octanol–water partition coefficient (Wildman–Crippen LogP) is 14.0. The quantitative estimate of drug-likeness (QED) is 0.177. The summed E-state index contributed by atoms with van der Waals surface area (Å²) in [7, 11) is 0. The van der Waals surface area contributed by atoms with Crippen molar-refractivity contribution in [1.29, 1.82) is 0 Å². The topological polar surface area (TPSA) is 31.2 Å². The first-order valence-electron chi connectivity index (χ1n) is 17.6. The number of nitrogens with zero attached hydrogens (tertiary/aromatic N) is 1. The monoisotopic (exact) mass is 667 g/mol. The van der Waals surface area contributed by atoms with Crippen LogP contribution in [0.5, 0.6) is 0 Å². The van der Waals surface area contributed by atoms with Crippen LogP contribution in [0.2, 0.25) is 0 Å². The molecule has 3 aromatic heterocycles. The molecule has 0 spiro atoms. The van der Waals surface area contributed by atoms with E-state index in [1.54, 1.807) is 0 Å². The van der Waals surface area contributed by atoms with E-state index in [0.717, 1.165) is 88.6 Å². The molecule has 246 valence electrons. The summed E-state index contributed by atoms with van der Waals surface area (Å²) < 4.78 is 14.7. The lowest BCUT2D eigenvalue weighted by atomic mass is 9.98. The van der Waals surface area contributed by atoms with Gasteiger partial charge in [-0.2, -0.15) is 0 Å². The molecule has 0 atom stereocenters. The highest BCUT2D eigenvalue weighted by Crippen LogP contribution is 2.38. The molecule has 10 rings (SSSR count). The first-order valence-corrected chi connectivity index (χ1v) is 17.6. The minimum atomic E-state index is 0.877. The molecule has 3 heteroatoms. The summed E-state index contributed by atoms with van der Waals surface area (Å²) in [6, 6.07) is 55.5. The summed E-state index contributed by atoms with van der Waals surface area (Å²) in [6.45, 7) is 6.47. The Morgan fingerprint density at radius 2 is 1.04 bits per heavy atom. The molecule has 0 aliphatic rings. The Hall–Kier alpha value is -6.84. The average molecular weight is 668 g/mol. The van der Waals surface area contributed by atoms with Gasteiger partial charge in [0.25, 0.3) is 0 Å². The summed E-state index contributed by atoms with van der Waals surface area (Å²) in [6.07, 6.45) is 4.27. The number of furan rings is 2. The molecular formula is C49H33NO2. The van der Waals surface area contributed by atoms with Crippen LogP contribution in [-0.2, 0) is 0 Å². The smallest absolute Gasteiger partial charge is 0.135 e. The fourth-order valence-electron chi connectivity index (χ4n) is 7.76. The molecule has 3 heterocycles. The molecular weight excluding hydrogens is 635 g/mol. The van der Waals surface area contributed by atoms with Crippen molar-refractivity contribution in [3.63, 3.8) is 0 Å². The zero-order chi connectivity index (χ0) is 34.8. The van der Waals surface area contributed by atoms with E-state index in [-0.39, 0.29) is 0 Å². The lowest BCUT2D eigenvalue weighted by molar-refractivity contribution is 0.668. The first-order chi connectivity index (χ1) is 25.6. The number of benzene rings is 7. The van der Waals surface area contributed by atoms with E-state index in [2.05, 4.69) is 164 Å². The van der Waals surface area contributed by atoms with Crippen LogP contribution in [0.15, 0.2) is 173 Å². The van der Waals surface area contributed by atoms with Gasteiger partial charge in [-0.1, -0.05) is 104 Å². The van der Waals surface area contributed by atoms with Gasteiger partial charge in [-0.15, -0.1) is 0 Å². The maximum absolute atomic E-state index is 6.34. The highest BCUT2D eigenvalue weighted by Gasteiger charge is 2.17. The summed E-state index contributed by atoms with van der Waals surface area (Å²) in [4.78, 5) is 0. The number of aromatic nitrogens is 1. The van der Waals surface area contributed by atoms with Crippen LogP contribution >= 0.6 is 0 Å². The van der Waals surface area contributed by atoms with Crippen molar-refractivity contribution in [1.82, 2.24) is 4.57 Å². The fourth-order valence-corrected chi connectivity index (χ4v) is 7.76. The maximum Gasteiger partial charge on any atom is 0.135 e. The number of para-hydroxylation sites is 2. The second-order valence-corrected chi connectivity index (χ2v) is 13.4. The summed E-state index contributed by atoms with van der Waals surface area (Å²) >= 11 is 0. The molecule has 7 aromatic carbocycles. The van der Waals surface area contributed by atoms with Crippen molar-refractivity contribution in [2.45, 2.75) is 6.92 Å². The Morgan fingerprint density at radius 1 is 0.500 bits per heavy atom. The second-order valence-electron chi connectivity index (χ2n) is 13.4. The summed E-state index contributed by atoms with van der Waals surface area (Å²) in [5.74, 6) is 0. The van der Waals surface area contributed by atoms with Crippen LogP contribution in [0.3, 0.4) is 0 Å². The van der Waals surface area contributed by atoms with Gasteiger partial charge < -0.3 is 13.4 Å². The molecule has 0 amide bonds. The Morgan fingerprint density at radius 3 is 1.75 bits per heavy atom. The highest BCUT2D eigenvalue weighted by atomic mass is 16.3. The third-order valence-corrected chi connectivity index (χ3v) is 10.4. The van der Waals surface area contributed by atoms with Crippen LogP contribution in [0.4, 0.5) is 0 Å². The number of fused-ring (bicyclic) bond motifs is 7. The van der Waals surface area contributed by atoms with Gasteiger partial charge >= 0.3 is 0 Å². The van der Waals surface area contributed by atoms with Gasteiger partial charge in [0.05, 0.1) is 11.2 Å². The summed E-state index contributed by atoms with van der Waals surface area (Å²) in [5.41, 5.74) is 15.0. The number of hydrogen-bond acceptors (Lipinski definition) is 2. The standard InChI is InChI=1S/C49H33NO2/c1-3-44-40(38-13-7-9-15-45(38)50(44)37-22-17-33(18-23-37)32-11-5-4-6-12-32)27-31(2)34-19-24-48-42(28-34)43-30-36(21-26-49(43)52-48)35-20-25-47-41(29-35)39-14-8-10-16-46(39)51-47/h3-30H,1H2,2H3/b31-27+. The Balaban J connectivity index is 1.06. The van der Waals surface area contributed by atoms with E-state index in [4.69, 9.17) is 8.83 Å². The van der Waals surface area contributed by atoms with Crippen molar-refractivity contribution in [3.05, 3.63) is 181 Å². The van der Waals surface area contributed by atoms with Gasteiger partial charge in [-0.3, -0.25) is 0 Å². The highest BCUT2D eigenvalue weighted by molar-refractivity contribution is 6.09. The molecule has 0 radical (unpaired) electrons. The maximum atomic E-state index is 6.34. The zero-order valence-corrected chi connectivity index (χ0v) is 28.6. The third kappa shape index (κ3) is 4.82. The van der Waals surface area contributed by atoms with Gasteiger partial charge in [-0.25, -0.2) is 0 Å². The van der Waals surface area contributed by atoms with E-state index >= 15 is 0 Å².